The van der Waals surface area contributed by atoms with Crippen LogP contribution >= 0.6 is 23.1 Å². The van der Waals surface area contributed by atoms with Crippen LogP contribution in [0.15, 0.2) is 40.7 Å². The van der Waals surface area contributed by atoms with E-state index < -0.39 is 0 Å². The molecule has 5 nitrogen and oxygen atoms in total. The van der Waals surface area contributed by atoms with Crippen LogP contribution in [0.25, 0.3) is 10.2 Å². The Bertz CT molecular complexity index is 1040. The molecule has 30 heavy (non-hydrogen) atoms. The molecule has 2 N–H and O–H groups in total. The molecule has 158 valence electrons. The summed E-state index contributed by atoms with van der Waals surface area (Å²) in [6, 6.07) is 11.7. The molecular formula is C23H27N3O2S2. The van der Waals surface area contributed by atoms with Crippen molar-refractivity contribution in [1.82, 2.24) is 4.98 Å². The summed E-state index contributed by atoms with van der Waals surface area (Å²) in [7, 11) is 0. The summed E-state index contributed by atoms with van der Waals surface area (Å²) in [6.07, 6.45) is 1.66. The summed E-state index contributed by atoms with van der Waals surface area (Å²) in [5.74, 6) is 0.332. The van der Waals surface area contributed by atoms with E-state index in [-0.39, 0.29) is 17.7 Å². The topological polar surface area (TPSA) is 71.1 Å². The van der Waals surface area contributed by atoms with E-state index >= 15 is 0 Å². The number of aryl methyl sites for hydroxylation is 2. The maximum atomic E-state index is 12.3. The highest BCUT2D eigenvalue weighted by Crippen LogP contribution is 2.31. The molecule has 0 saturated heterocycles. The van der Waals surface area contributed by atoms with E-state index in [1.54, 1.807) is 0 Å². The molecule has 0 aliphatic carbocycles. The molecule has 1 aromatic heterocycles. The number of fused-ring (bicyclic) bond motifs is 1. The zero-order chi connectivity index (χ0) is 21.7. The predicted octanol–water partition coefficient (Wildman–Crippen LogP) is 6.02. The summed E-state index contributed by atoms with van der Waals surface area (Å²) < 4.78 is 1.83. The number of rotatable bonds is 8. The van der Waals surface area contributed by atoms with Gasteiger partial charge in [0.05, 0.1) is 16.0 Å². The third kappa shape index (κ3) is 5.83. The lowest BCUT2D eigenvalue weighted by molar-refractivity contribution is -0.120. The molecule has 0 radical (unpaired) electrons. The molecule has 0 atom stereocenters. The van der Waals surface area contributed by atoms with Crippen molar-refractivity contribution in [3.05, 3.63) is 47.5 Å². The SMILES string of the molecule is CCC(CC)C(=O)Nc1ccc2nc(SCC(=O)Nc3cc(C)cc(C)c3)sc2c1. The number of thiazole rings is 1. The quantitative estimate of drug-likeness (QED) is 0.419. The first kappa shape index (κ1) is 22.3. The second kappa shape index (κ2) is 10.1. The van der Waals surface area contributed by atoms with E-state index in [0.29, 0.717) is 5.75 Å². The molecule has 0 spiro atoms. The van der Waals surface area contributed by atoms with E-state index in [0.717, 1.165) is 49.9 Å². The van der Waals surface area contributed by atoms with Gasteiger partial charge in [0, 0.05) is 17.3 Å². The Morgan fingerprint density at radius 3 is 2.37 bits per heavy atom. The number of thioether (sulfide) groups is 1. The standard InChI is InChI=1S/C23H27N3O2S2/c1-5-16(6-2)22(28)25-17-7-8-19-20(12-17)30-23(26-19)29-13-21(27)24-18-10-14(3)9-15(4)11-18/h7-12,16H,5-6,13H2,1-4H3,(H,24,27)(H,25,28). The van der Waals surface area contributed by atoms with Gasteiger partial charge in [0.1, 0.15) is 0 Å². The molecule has 0 bridgehead atoms. The van der Waals surface area contributed by atoms with Crippen molar-refractivity contribution in [2.75, 3.05) is 16.4 Å². The summed E-state index contributed by atoms with van der Waals surface area (Å²) >= 11 is 2.95. The van der Waals surface area contributed by atoms with Gasteiger partial charge in [0.2, 0.25) is 11.8 Å². The smallest absolute Gasteiger partial charge is 0.234 e. The van der Waals surface area contributed by atoms with Gasteiger partial charge in [-0.3, -0.25) is 9.59 Å². The van der Waals surface area contributed by atoms with E-state index in [4.69, 9.17) is 0 Å². The molecule has 3 aromatic rings. The minimum Gasteiger partial charge on any atom is -0.326 e. The van der Waals surface area contributed by atoms with Gasteiger partial charge in [-0.1, -0.05) is 31.7 Å². The molecule has 0 aliphatic heterocycles. The maximum Gasteiger partial charge on any atom is 0.234 e. The second-order valence-electron chi connectivity index (χ2n) is 7.38. The van der Waals surface area contributed by atoms with Crippen LogP contribution in [-0.2, 0) is 9.59 Å². The number of hydrogen-bond acceptors (Lipinski definition) is 5. The van der Waals surface area contributed by atoms with E-state index in [9.17, 15) is 9.59 Å². The van der Waals surface area contributed by atoms with Crippen LogP contribution in [0.3, 0.4) is 0 Å². The second-order valence-corrected chi connectivity index (χ2v) is 9.63. The Kier molecular flexibility index (Phi) is 7.50. The van der Waals surface area contributed by atoms with E-state index in [2.05, 4.69) is 21.7 Å². The van der Waals surface area contributed by atoms with Gasteiger partial charge < -0.3 is 10.6 Å². The van der Waals surface area contributed by atoms with Gasteiger partial charge >= 0.3 is 0 Å². The van der Waals surface area contributed by atoms with E-state index in [1.165, 1.54) is 23.1 Å². The summed E-state index contributed by atoms with van der Waals surface area (Å²) in [5.41, 5.74) is 4.72. The van der Waals surface area contributed by atoms with Crippen LogP contribution in [0.1, 0.15) is 37.8 Å². The highest BCUT2D eigenvalue weighted by Gasteiger charge is 2.15. The van der Waals surface area contributed by atoms with Crippen LogP contribution in [0.2, 0.25) is 0 Å². The lowest BCUT2D eigenvalue weighted by atomic mass is 10.0. The van der Waals surface area contributed by atoms with Crippen molar-refractivity contribution in [3.8, 4) is 0 Å². The Morgan fingerprint density at radius 2 is 1.70 bits per heavy atom. The summed E-state index contributed by atoms with van der Waals surface area (Å²) in [6.45, 7) is 8.08. The molecule has 0 unspecified atom stereocenters. The molecule has 3 rings (SSSR count). The average molecular weight is 442 g/mol. The van der Waals surface area contributed by atoms with Crippen molar-refractivity contribution in [1.29, 1.82) is 0 Å². The van der Waals surface area contributed by atoms with Crippen molar-refractivity contribution < 1.29 is 9.59 Å². The average Bonchev–Trinajstić information content (AvgIpc) is 3.09. The third-order valence-corrected chi connectivity index (χ3v) is 6.99. The third-order valence-electron chi connectivity index (χ3n) is 4.82. The number of carbonyl (C=O) groups excluding carboxylic acids is 2. The molecule has 2 amide bonds. The Hall–Kier alpha value is -2.38. The number of carbonyl (C=O) groups is 2. The number of nitrogens with zero attached hydrogens (tertiary/aromatic N) is 1. The zero-order valence-corrected chi connectivity index (χ0v) is 19.4. The van der Waals surface area contributed by atoms with E-state index in [1.807, 2.05) is 58.0 Å². The first-order valence-electron chi connectivity index (χ1n) is 10.1. The molecule has 0 saturated carbocycles. The highest BCUT2D eigenvalue weighted by atomic mass is 32.2. The molecule has 0 fully saturated rings. The minimum absolute atomic E-state index is 0.0315. The van der Waals surface area contributed by atoms with Gasteiger partial charge in [-0.25, -0.2) is 4.98 Å². The number of anilines is 2. The highest BCUT2D eigenvalue weighted by molar-refractivity contribution is 8.01. The van der Waals surface area contributed by atoms with Crippen molar-refractivity contribution in [3.63, 3.8) is 0 Å². The lowest BCUT2D eigenvalue weighted by Crippen LogP contribution is -2.21. The molecule has 1 heterocycles. The van der Waals surface area contributed by atoms with Gasteiger partial charge in [0.15, 0.2) is 4.34 Å². The van der Waals surface area contributed by atoms with Gasteiger partial charge in [-0.2, -0.15) is 0 Å². The molecule has 7 heteroatoms. The Balaban J connectivity index is 1.61. The first-order chi connectivity index (χ1) is 14.4. The van der Waals surface area contributed by atoms with Crippen LogP contribution in [0, 0.1) is 19.8 Å². The number of aromatic nitrogens is 1. The van der Waals surface area contributed by atoms with Crippen molar-refractivity contribution in [2.45, 2.75) is 44.9 Å². The van der Waals surface area contributed by atoms with Gasteiger partial charge in [-0.15, -0.1) is 11.3 Å². The van der Waals surface area contributed by atoms with Gasteiger partial charge in [-0.05, 0) is 68.1 Å². The first-order valence-corrected chi connectivity index (χ1v) is 11.9. The fourth-order valence-corrected chi connectivity index (χ4v) is 5.23. The summed E-state index contributed by atoms with van der Waals surface area (Å²) in [4.78, 5) is 29.2. The fraction of sp³-hybridized carbons (Fsp3) is 0.348. The molecular weight excluding hydrogens is 414 g/mol. The normalized spacial score (nSPS) is 11.1. The Labute approximate surface area is 185 Å². The molecule has 2 aromatic carbocycles. The molecule has 0 aliphatic rings. The maximum absolute atomic E-state index is 12.3. The monoisotopic (exact) mass is 441 g/mol. The zero-order valence-electron chi connectivity index (χ0n) is 17.7. The number of benzene rings is 2. The van der Waals surface area contributed by atoms with Crippen LogP contribution < -0.4 is 10.6 Å². The number of hydrogen-bond donors (Lipinski definition) is 2. The largest absolute Gasteiger partial charge is 0.326 e. The Morgan fingerprint density at radius 1 is 1.00 bits per heavy atom. The number of amides is 2. The van der Waals surface area contributed by atoms with Crippen LogP contribution in [0.5, 0.6) is 0 Å². The van der Waals surface area contributed by atoms with Crippen LogP contribution in [0.4, 0.5) is 11.4 Å². The fourth-order valence-electron chi connectivity index (χ4n) is 3.32. The van der Waals surface area contributed by atoms with Crippen LogP contribution in [-0.4, -0.2) is 22.6 Å². The van der Waals surface area contributed by atoms with Crippen molar-refractivity contribution >= 4 is 56.5 Å². The minimum atomic E-state index is -0.0534. The van der Waals surface area contributed by atoms with Crippen molar-refractivity contribution in [2.24, 2.45) is 5.92 Å². The lowest BCUT2D eigenvalue weighted by Gasteiger charge is -2.12. The van der Waals surface area contributed by atoms with Gasteiger partial charge in [0.25, 0.3) is 0 Å². The predicted molar refractivity (Wildman–Crippen MR) is 128 cm³/mol. The number of nitrogens with one attached hydrogen (secondary N) is 2. The summed E-state index contributed by atoms with van der Waals surface area (Å²) in [5, 5.41) is 5.95.